The minimum absolute atomic E-state index is 0.286. The maximum absolute atomic E-state index is 9.76. The number of H-pyrrole nitrogens is 1. The number of aromatic amines is 1. The van der Waals surface area contributed by atoms with E-state index in [1.807, 2.05) is 12.3 Å². The maximum atomic E-state index is 9.76. The predicted octanol–water partition coefficient (Wildman–Crippen LogP) is 4.25. The van der Waals surface area contributed by atoms with Gasteiger partial charge in [0.2, 0.25) is 0 Å². The summed E-state index contributed by atoms with van der Waals surface area (Å²) < 4.78 is 0. The van der Waals surface area contributed by atoms with Gasteiger partial charge >= 0.3 is 0 Å². The number of fused-ring (bicyclic) bond motifs is 4. The Morgan fingerprint density at radius 3 is 2.81 bits per heavy atom. The van der Waals surface area contributed by atoms with Crippen LogP contribution in [0.3, 0.4) is 0 Å². The second-order valence-corrected chi connectivity index (χ2v) is 7.18. The molecule has 4 rings (SSSR count). The van der Waals surface area contributed by atoms with Gasteiger partial charge in [0.1, 0.15) is 11.6 Å². The highest BCUT2D eigenvalue weighted by Crippen LogP contribution is 2.35. The molecule has 0 saturated carbocycles. The first-order valence-electron chi connectivity index (χ1n) is 8.95. The summed E-state index contributed by atoms with van der Waals surface area (Å²) in [6.07, 6.45) is 2.98. The highest BCUT2D eigenvalue weighted by Gasteiger charge is 2.13. The molecule has 0 amide bonds. The number of pyridine rings is 1. The van der Waals surface area contributed by atoms with Gasteiger partial charge in [-0.15, -0.1) is 0 Å². The van der Waals surface area contributed by atoms with Crippen molar-refractivity contribution in [2.24, 2.45) is 0 Å². The Hall–Kier alpha value is -2.79. The molecule has 2 heterocycles. The molecule has 2 aromatic carbocycles. The first kappa shape index (κ1) is 16.7. The number of nitrogens with one attached hydrogen (secondary N) is 2. The lowest BCUT2D eigenvalue weighted by Crippen LogP contribution is -2.16. The molecule has 0 aliphatic carbocycles. The standard InChI is InChI=1S/C21H24N4O/c1-13-12-23-21(22-7-4-8-25(2)3)19-17-10-14-5-6-16(26)9-15(14)11-18(17)24-20(13)19/h5-6,9-12,24,26H,4,7-8H2,1-3H3,(H,22,23). The van der Waals surface area contributed by atoms with Crippen molar-refractivity contribution in [1.82, 2.24) is 14.9 Å². The Labute approximate surface area is 152 Å². The van der Waals surface area contributed by atoms with Crippen molar-refractivity contribution < 1.29 is 5.11 Å². The largest absolute Gasteiger partial charge is 0.508 e. The monoisotopic (exact) mass is 348 g/mol. The molecule has 0 spiro atoms. The summed E-state index contributed by atoms with van der Waals surface area (Å²) in [5.41, 5.74) is 3.30. The lowest BCUT2D eigenvalue weighted by molar-refractivity contribution is 0.405. The van der Waals surface area contributed by atoms with E-state index in [9.17, 15) is 5.11 Å². The number of aromatic nitrogens is 2. The van der Waals surface area contributed by atoms with Crippen LogP contribution in [0.2, 0.25) is 0 Å². The molecule has 0 bridgehead atoms. The molecule has 0 atom stereocenters. The summed E-state index contributed by atoms with van der Waals surface area (Å²) in [7, 11) is 4.18. The number of aryl methyl sites for hydroxylation is 1. The van der Waals surface area contributed by atoms with E-state index >= 15 is 0 Å². The average Bonchev–Trinajstić information content (AvgIpc) is 2.97. The van der Waals surface area contributed by atoms with Crippen molar-refractivity contribution in [3.8, 4) is 5.75 Å². The fourth-order valence-electron chi connectivity index (χ4n) is 3.50. The lowest BCUT2D eigenvalue weighted by Gasteiger charge is -2.11. The summed E-state index contributed by atoms with van der Waals surface area (Å²) in [6.45, 7) is 4.01. The fourth-order valence-corrected chi connectivity index (χ4v) is 3.50. The Balaban J connectivity index is 1.83. The Morgan fingerprint density at radius 1 is 1.15 bits per heavy atom. The molecular weight excluding hydrogens is 324 g/mol. The van der Waals surface area contributed by atoms with Crippen LogP contribution in [0.25, 0.3) is 32.6 Å². The normalized spacial score (nSPS) is 11.8. The van der Waals surface area contributed by atoms with Gasteiger partial charge in [-0.3, -0.25) is 0 Å². The maximum Gasteiger partial charge on any atom is 0.136 e. The molecule has 0 aliphatic heterocycles. The highest BCUT2D eigenvalue weighted by atomic mass is 16.3. The third kappa shape index (κ3) is 2.95. The van der Waals surface area contributed by atoms with Crippen LogP contribution in [-0.2, 0) is 0 Å². The number of phenols is 1. The Bertz CT molecular complexity index is 1100. The quantitative estimate of drug-likeness (QED) is 0.472. The summed E-state index contributed by atoms with van der Waals surface area (Å²) in [5.74, 6) is 1.21. The molecule has 0 saturated heterocycles. The van der Waals surface area contributed by atoms with Gasteiger partial charge in [0.25, 0.3) is 0 Å². The molecule has 4 aromatic rings. The number of phenolic OH excluding ortho intramolecular Hbond substituents is 1. The first-order chi connectivity index (χ1) is 12.5. The van der Waals surface area contributed by atoms with Crippen LogP contribution in [0, 0.1) is 6.92 Å². The topological polar surface area (TPSA) is 64.2 Å². The van der Waals surface area contributed by atoms with Crippen molar-refractivity contribution in [2.45, 2.75) is 13.3 Å². The molecule has 134 valence electrons. The van der Waals surface area contributed by atoms with Gasteiger partial charge in [0, 0.05) is 23.6 Å². The first-order valence-corrected chi connectivity index (χ1v) is 8.95. The smallest absolute Gasteiger partial charge is 0.136 e. The van der Waals surface area contributed by atoms with Crippen LogP contribution < -0.4 is 5.32 Å². The molecular formula is C21H24N4O. The number of nitrogens with zero attached hydrogens (tertiary/aromatic N) is 2. The summed E-state index contributed by atoms with van der Waals surface area (Å²) in [5, 5.41) is 17.7. The minimum atomic E-state index is 0.286. The van der Waals surface area contributed by atoms with Crippen molar-refractivity contribution >= 4 is 38.4 Å². The molecule has 5 heteroatoms. The van der Waals surface area contributed by atoms with Gasteiger partial charge in [-0.25, -0.2) is 4.98 Å². The van der Waals surface area contributed by atoms with Crippen molar-refractivity contribution in [2.75, 3.05) is 32.5 Å². The van der Waals surface area contributed by atoms with E-state index in [2.05, 4.69) is 53.3 Å². The van der Waals surface area contributed by atoms with Gasteiger partial charge in [-0.1, -0.05) is 6.07 Å². The van der Waals surface area contributed by atoms with E-state index in [1.54, 1.807) is 12.1 Å². The van der Waals surface area contributed by atoms with Crippen LogP contribution in [-0.4, -0.2) is 47.2 Å². The zero-order chi connectivity index (χ0) is 18.3. The Morgan fingerprint density at radius 2 is 2.00 bits per heavy atom. The molecule has 0 unspecified atom stereocenters. The average molecular weight is 348 g/mol. The molecule has 3 N–H and O–H groups in total. The zero-order valence-corrected chi connectivity index (χ0v) is 15.4. The summed E-state index contributed by atoms with van der Waals surface area (Å²) in [4.78, 5) is 10.4. The fraction of sp³-hybridized carbons (Fsp3) is 0.286. The molecule has 5 nitrogen and oxygen atoms in total. The van der Waals surface area contributed by atoms with Gasteiger partial charge in [-0.2, -0.15) is 0 Å². The van der Waals surface area contributed by atoms with E-state index in [4.69, 9.17) is 0 Å². The molecule has 0 fully saturated rings. The lowest BCUT2D eigenvalue weighted by atomic mass is 10.1. The van der Waals surface area contributed by atoms with E-state index in [-0.39, 0.29) is 5.75 Å². The van der Waals surface area contributed by atoms with Gasteiger partial charge in [-0.05, 0) is 74.6 Å². The Kier molecular flexibility index (Phi) is 4.17. The third-order valence-corrected chi connectivity index (χ3v) is 4.83. The van der Waals surface area contributed by atoms with Crippen LogP contribution in [0.1, 0.15) is 12.0 Å². The second kappa shape index (κ2) is 6.50. The van der Waals surface area contributed by atoms with Crippen molar-refractivity contribution in [3.63, 3.8) is 0 Å². The van der Waals surface area contributed by atoms with E-state index in [1.165, 1.54) is 0 Å². The molecule has 0 radical (unpaired) electrons. The third-order valence-electron chi connectivity index (χ3n) is 4.83. The summed E-state index contributed by atoms with van der Waals surface area (Å²) in [6, 6.07) is 9.75. The zero-order valence-electron chi connectivity index (χ0n) is 15.4. The molecule has 26 heavy (non-hydrogen) atoms. The SMILES string of the molecule is Cc1cnc(NCCCN(C)C)c2c1[nH]c1cc3cc(O)ccc3cc12. The number of hydrogen-bond acceptors (Lipinski definition) is 4. The number of hydrogen-bond donors (Lipinski definition) is 3. The molecule has 2 aromatic heterocycles. The van der Waals surface area contributed by atoms with Gasteiger partial charge in [0.05, 0.1) is 10.9 Å². The highest BCUT2D eigenvalue weighted by molar-refractivity contribution is 6.16. The van der Waals surface area contributed by atoms with Crippen LogP contribution in [0.15, 0.2) is 36.5 Å². The van der Waals surface area contributed by atoms with E-state index in [0.29, 0.717) is 0 Å². The van der Waals surface area contributed by atoms with Gasteiger partial charge < -0.3 is 20.3 Å². The van der Waals surface area contributed by atoms with Crippen molar-refractivity contribution in [3.05, 3.63) is 42.1 Å². The predicted molar refractivity (Wildman–Crippen MR) is 109 cm³/mol. The van der Waals surface area contributed by atoms with E-state index in [0.717, 1.165) is 63.5 Å². The summed E-state index contributed by atoms with van der Waals surface area (Å²) >= 11 is 0. The number of anilines is 1. The molecule has 0 aliphatic rings. The number of aromatic hydroxyl groups is 1. The van der Waals surface area contributed by atoms with Crippen molar-refractivity contribution in [1.29, 1.82) is 0 Å². The number of rotatable bonds is 5. The van der Waals surface area contributed by atoms with E-state index < -0.39 is 0 Å². The van der Waals surface area contributed by atoms with Crippen LogP contribution >= 0.6 is 0 Å². The minimum Gasteiger partial charge on any atom is -0.508 e. The van der Waals surface area contributed by atoms with Crippen LogP contribution in [0.5, 0.6) is 5.75 Å². The van der Waals surface area contributed by atoms with Crippen LogP contribution in [0.4, 0.5) is 5.82 Å². The second-order valence-electron chi connectivity index (χ2n) is 7.18. The number of benzene rings is 2. The van der Waals surface area contributed by atoms with Gasteiger partial charge in [0.15, 0.2) is 0 Å².